The molecule has 0 heterocycles. The highest BCUT2D eigenvalue weighted by Crippen LogP contribution is 2.70. The Labute approximate surface area is 226 Å². The summed E-state index contributed by atoms with van der Waals surface area (Å²) in [6, 6.07) is 0. The van der Waals surface area contributed by atoms with Crippen LogP contribution in [0.1, 0.15) is 78.6 Å². The number of unbranched alkanes of at least 4 members (excludes halogenated alkanes) is 3. The Morgan fingerprint density at radius 2 is 1.97 bits per heavy atom. The summed E-state index contributed by atoms with van der Waals surface area (Å²) in [7, 11) is 0. The van der Waals surface area contributed by atoms with Gasteiger partial charge in [-0.05, 0) is 75.9 Å². The SMILES string of the molecule is C=CCCCCCC(OCC=C)C(=O)[C@@]1(O)[C@H](C)CC2C3CCC4=CC(=O)C=CC4(C)[C@@]3(F)C(O)CC21C. The van der Waals surface area contributed by atoms with E-state index in [1.165, 1.54) is 12.2 Å². The summed E-state index contributed by atoms with van der Waals surface area (Å²) >= 11 is 0. The first-order chi connectivity index (χ1) is 17.9. The number of aliphatic hydroxyl groups excluding tert-OH is 1. The van der Waals surface area contributed by atoms with Gasteiger partial charge < -0.3 is 14.9 Å². The molecule has 2 N–H and O–H groups in total. The lowest BCUT2D eigenvalue weighted by atomic mass is 9.44. The molecule has 0 bridgehead atoms. The number of aliphatic hydroxyl groups is 2. The van der Waals surface area contributed by atoms with Crippen molar-refractivity contribution in [2.75, 3.05) is 6.61 Å². The van der Waals surface area contributed by atoms with Crippen LogP contribution >= 0.6 is 0 Å². The fourth-order valence-electron chi connectivity index (χ4n) is 8.59. The molecule has 6 unspecified atom stereocenters. The molecule has 4 rings (SSSR count). The number of allylic oxidation sites excluding steroid dienone is 5. The number of alkyl halides is 1. The predicted molar refractivity (Wildman–Crippen MR) is 146 cm³/mol. The van der Waals surface area contributed by atoms with Crippen molar-refractivity contribution in [3.63, 3.8) is 0 Å². The van der Waals surface area contributed by atoms with E-state index in [0.29, 0.717) is 25.7 Å². The Bertz CT molecular complexity index is 1030. The Morgan fingerprint density at radius 1 is 1.24 bits per heavy atom. The number of hydrogen-bond acceptors (Lipinski definition) is 5. The van der Waals surface area contributed by atoms with E-state index in [1.807, 2.05) is 19.9 Å². The molecule has 0 amide bonds. The minimum Gasteiger partial charge on any atom is -0.390 e. The van der Waals surface area contributed by atoms with Gasteiger partial charge in [0.15, 0.2) is 17.2 Å². The van der Waals surface area contributed by atoms with Gasteiger partial charge in [0.05, 0.1) is 12.7 Å². The van der Waals surface area contributed by atoms with Gasteiger partial charge in [0.1, 0.15) is 11.7 Å². The number of fused-ring (bicyclic) bond motifs is 5. The number of Topliss-reactive ketones (excluding diaryl/α,β-unsaturated/α-hetero) is 1. The molecular formula is C32H45FO5. The van der Waals surface area contributed by atoms with E-state index < -0.39 is 46.1 Å². The van der Waals surface area contributed by atoms with E-state index in [4.69, 9.17) is 4.74 Å². The van der Waals surface area contributed by atoms with Crippen LogP contribution in [0.5, 0.6) is 0 Å². The number of rotatable bonds is 11. The third kappa shape index (κ3) is 4.13. The Balaban J connectivity index is 1.66. The maximum Gasteiger partial charge on any atom is 0.193 e. The second-order valence-electron chi connectivity index (χ2n) is 12.6. The lowest BCUT2D eigenvalue weighted by molar-refractivity contribution is -0.221. The average molecular weight is 529 g/mol. The summed E-state index contributed by atoms with van der Waals surface area (Å²) in [6.07, 6.45) is 11.4. The Morgan fingerprint density at radius 3 is 2.66 bits per heavy atom. The molecule has 3 saturated carbocycles. The first-order valence-corrected chi connectivity index (χ1v) is 14.3. The fourth-order valence-corrected chi connectivity index (χ4v) is 8.59. The Kier molecular flexibility index (Phi) is 8.11. The normalized spacial score (nSPS) is 42.5. The van der Waals surface area contributed by atoms with Crippen molar-refractivity contribution in [2.45, 2.75) is 102 Å². The van der Waals surface area contributed by atoms with Crippen LogP contribution < -0.4 is 0 Å². The third-order valence-electron chi connectivity index (χ3n) is 10.7. The molecule has 0 aromatic heterocycles. The van der Waals surface area contributed by atoms with E-state index in [9.17, 15) is 19.8 Å². The number of ketones is 2. The number of carbonyl (C=O) groups excluding carboxylic acids is 2. The topological polar surface area (TPSA) is 83.8 Å². The van der Waals surface area contributed by atoms with Crippen molar-refractivity contribution in [2.24, 2.45) is 28.6 Å². The van der Waals surface area contributed by atoms with Crippen molar-refractivity contribution in [1.82, 2.24) is 0 Å². The zero-order valence-electron chi connectivity index (χ0n) is 23.3. The molecular weight excluding hydrogens is 483 g/mol. The lowest BCUT2D eigenvalue weighted by Crippen LogP contribution is -2.69. The average Bonchev–Trinajstić information content (AvgIpc) is 3.08. The van der Waals surface area contributed by atoms with Gasteiger partial charge in [-0.3, -0.25) is 9.59 Å². The van der Waals surface area contributed by atoms with E-state index in [1.54, 1.807) is 19.1 Å². The van der Waals surface area contributed by atoms with Gasteiger partial charge in [-0.2, -0.15) is 0 Å². The first kappa shape index (κ1) is 29.1. The van der Waals surface area contributed by atoms with E-state index >= 15 is 4.39 Å². The number of carbonyl (C=O) groups is 2. The summed E-state index contributed by atoms with van der Waals surface area (Å²) in [5.74, 6) is -1.77. The highest BCUT2D eigenvalue weighted by molar-refractivity contribution is 6.01. The van der Waals surface area contributed by atoms with E-state index in [0.717, 1.165) is 31.3 Å². The largest absolute Gasteiger partial charge is 0.390 e. The molecule has 38 heavy (non-hydrogen) atoms. The molecule has 0 saturated heterocycles. The Hall–Kier alpha value is -1.89. The smallest absolute Gasteiger partial charge is 0.193 e. The molecule has 9 atom stereocenters. The molecule has 0 radical (unpaired) electrons. The van der Waals surface area contributed by atoms with Gasteiger partial charge >= 0.3 is 0 Å². The molecule has 5 nitrogen and oxygen atoms in total. The zero-order chi connectivity index (χ0) is 27.9. The van der Waals surface area contributed by atoms with E-state index in [2.05, 4.69) is 13.2 Å². The van der Waals surface area contributed by atoms with Crippen molar-refractivity contribution in [1.29, 1.82) is 0 Å². The summed E-state index contributed by atoms with van der Waals surface area (Å²) < 4.78 is 23.3. The molecule has 6 heteroatoms. The summed E-state index contributed by atoms with van der Waals surface area (Å²) in [6.45, 7) is 13.2. The van der Waals surface area contributed by atoms with Crippen LogP contribution in [0.25, 0.3) is 0 Å². The molecule has 0 spiro atoms. The molecule has 210 valence electrons. The van der Waals surface area contributed by atoms with Gasteiger partial charge in [-0.15, -0.1) is 13.2 Å². The highest BCUT2D eigenvalue weighted by atomic mass is 19.1. The molecule has 4 aliphatic rings. The van der Waals surface area contributed by atoms with Crippen LogP contribution in [0.15, 0.2) is 49.1 Å². The molecule has 0 aliphatic heterocycles. The van der Waals surface area contributed by atoms with Crippen molar-refractivity contribution < 1.29 is 28.9 Å². The van der Waals surface area contributed by atoms with Gasteiger partial charge in [-0.1, -0.05) is 50.5 Å². The molecule has 3 fully saturated rings. The number of ether oxygens (including phenoxy) is 1. The second-order valence-corrected chi connectivity index (χ2v) is 12.6. The lowest BCUT2D eigenvalue weighted by Gasteiger charge is -2.62. The summed E-state index contributed by atoms with van der Waals surface area (Å²) in [4.78, 5) is 26.2. The number of halogens is 1. The van der Waals surface area contributed by atoms with Gasteiger partial charge in [-0.25, -0.2) is 4.39 Å². The van der Waals surface area contributed by atoms with Gasteiger partial charge in [0.2, 0.25) is 0 Å². The highest BCUT2D eigenvalue weighted by Gasteiger charge is 2.76. The van der Waals surface area contributed by atoms with E-state index in [-0.39, 0.29) is 30.5 Å². The third-order valence-corrected chi connectivity index (χ3v) is 10.7. The fraction of sp³-hybridized carbons (Fsp3) is 0.688. The first-order valence-electron chi connectivity index (χ1n) is 14.3. The zero-order valence-corrected chi connectivity index (χ0v) is 23.3. The summed E-state index contributed by atoms with van der Waals surface area (Å²) in [5.41, 5.74) is -5.12. The standard InChI is InChI=1S/C32H45FO5/c1-6-8-9-10-11-12-26(38-17-7-2)28(36)32(37)21(3)18-25-24-14-13-22-19-23(34)15-16-29(22,4)31(24,33)27(35)20-30(25,32)5/h6-7,15-16,19,21,24-27,35,37H,1-2,8-14,17-18,20H2,3-5H3/t21-,24?,25?,26?,27?,29?,30?,31+,32+/m1/s1. The van der Waals surface area contributed by atoms with Crippen molar-refractivity contribution >= 4 is 11.6 Å². The monoisotopic (exact) mass is 528 g/mol. The quantitative estimate of drug-likeness (QED) is 0.269. The molecule has 0 aromatic carbocycles. The molecule has 0 aromatic rings. The van der Waals surface area contributed by atoms with Crippen LogP contribution in [0.3, 0.4) is 0 Å². The van der Waals surface area contributed by atoms with Gasteiger partial charge in [0, 0.05) is 16.7 Å². The van der Waals surface area contributed by atoms with Crippen LogP contribution in [0.2, 0.25) is 0 Å². The molecule has 4 aliphatic carbocycles. The predicted octanol–water partition coefficient (Wildman–Crippen LogP) is 5.61. The maximum absolute atomic E-state index is 17.4. The van der Waals surface area contributed by atoms with Crippen LogP contribution in [-0.2, 0) is 14.3 Å². The van der Waals surface area contributed by atoms with Crippen molar-refractivity contribution in [3.8, 4) is 0 Å². The summed E-state index contributed by atoms with van der Waals surface area (Å²) in [5, 5.41) is 23.9. The van der Waals surface area contributed by atoms with Gasteiger partial charge in [0.25, 0.3) is 0 Å². The van der Waals surface area contributed by atoms with Crippen LogP contribution in [-0.4, -0.2) is 51.9 Å². The minimum absolute atomic E-state index is 0.0323. The van der Waals surface area contributed by atoms with Crippen LogP contribution in [0.4, 0.5) is 4.39 Å². The minimum atomic E-state index is -1.99. The maximum atomic E-state index is 17.4. The van der Waals surface area contributed by atoms with Crippen molar-refractivity contribution in [3.05, 3.63) is 49.1 Å². The number of hydrogen-bond donors (Lipinski definition) is 2. The van der Waals surface area contributed by atoms with Crippen LogP contribution in [0, 0.1) is 28.6 Å². The second kappa shape index (κ2) is 10.6.